The summed E-state index contributed by atoms with van der Waals surface area (Å²) in [4.78, 5) is 0. The van der Waals surface area contributed by atoms with Gasteiger partial charge in [0.2, 0.25) is 0 Å². The molecule has 2 heteroatoms. The highest BCUT2D eigenvalue weighted by Gasteiger charge is 2.18. The van der Waals surface area contributed by atoms with Gasteiger partial charge >= 0.3 is 0 Å². The second-order valence-electron chi connectivity index (χ2n) is 12.5. The first-order valence-corrected chi connectivity index (χ1v) is 16.9. The van der Waals surface area contributed by atoms with Crippen molar-refractivity contribution in [2.24, 2.45) is 0 Å². The van der Waals surface area contributed by atoms with Crippen molar-refractivity contribution >= 4 is 11.4 Å². The van der Waals surface area contributed by atoms with Gasteiger partial charge in [0.25, 0.3) is 0 Å². The van der Waals surface area contributed by atoms with Crippen LogP contribution in [0.15, 0.2) is 97.1 Å². The van der Waals surface area contributed by atoms with Crippen molar-refractivity contribution in [3.8, 4) is 0 Å². The first kappa shape index (κ1) is 32.4. The molecule has 0 saturated carbocycles. The van der Waals surface area contributed by atoms with E-state index in [-0.39, 0.29) is 0 Å². The minimum atomic E-state index is 0.421. The van der Waals surface area contributed by atoms with Crippen LogP contribution < -0.4 is 11.5 Å². The first-order chi connectivity index (χ1) is 21.0. The van der Waals surface area contributed by atoms with Gasteiger partial charge in [-0.3, -0.25) is 0 Å². The summed E-state index contributed by atoms with van der Waals surface area (Å²) in [6.45, 7) is 6.86. The SMILES string of the molecule is CCCCCC(c1ccc(N)cc1)c1ccc(CC(CCC)c2ccc(C(CCCCC)c3ccc(N)cc3)cc2)cc1. The topological polar surface area (TPSA) is 52.0 Å². The molecule has 0 saturated heterocycles. The van der Waals surface area contributed by atoms with Gasteiger partial charge in [-0.25, -0.2) is 0 Å². The highest BCUT2D eigenvalue weighted by Crippen LogP contribution is 2.34. The minimum Gasteiger partial charge on any atom is -0.399 e. The van der Waals surface area contributed by atoms with E-state index in [0.717, 1.165) is 17.8 Å². The Labute approximate surface area is 261 Å². The molecule has 43 heavy (non-hydrogen) atoms. The van der Waals surface area contributed by atoms with Crippen molar-refractivity contribution in [1.29, 1.82) is 0 Å². The van der Waals surface area contributed by atoms with Crippen molar-refractivity contribution < 1.29 is 0 Å². The quantitative estimate of drug-likeness (QED) is 0.0973. The van der Waals surface area contributed by atoms with E-state index in [0.29, 0.717) is 17.8 Å². The molecule has 0 aliphatic rings. The van der Waals surface area contributed by atoms with E-state index in [1.807, 2.05) is 24.3 Å². The summed E-state index contributed by atoms with van der Waals surface area (Å²) in [5.41, 5.74) is 22.1. The molecule has 4 N–H and O–H groups in total. The standard InChI is InChI=1S/C41H54N2/c1-4-7-9-12-40(35-22-26-38(42)27-23-35)33-16-14-31(15-17-33)30-37(11-6-3)32-18-20-34(21-19-32)41(13-10-8-5-2)36-24-28-39(43)29-25-36/h14-29,37,40-41H,4-13,30,42-43H2,1-3H3. The van der Waals surface area contributed by atoms with Gasteiger partial charge in [-0.2, -0.15) is 0 Å². The average molecular weight is 575 g/mol. The van der Waals surface area contributed by atoms with E-state index in [1.165, 1.54) is 97.6 Å². The first-order valence-electron chi connectivity index (χ1n) is 16.9. The number of benzene rings is 4. The number of anilines is 2. The molecule has 0 aliphatic carbocycles. The van der Waals surface area contributed by atoms with Crippen molar-refractivity contribution in [2.75, 3.05) is 11.5 Å². The summed E-state index contributed by atoms with van der Waals surface area (Å²) in [7, 11) is 0. The van der Waals surface area contributed by atoms with Crippen molar-refractivity contribution in [3.63, 3.8) is 0 Å². The molecule has 3 atom stereocenters. The van der Waals surface area contributed by atoms with E-state index in [9.17, 15) is 0 Å². The molecular formula is C41H54N2. The van der Waals surface area contributed by atoms with E-state index < -0.39 is 0 Å². The lowest BCUT2D eigenvalue weighted by Crippen LogP contribution is -2.06. The molecule has 0 aliphatic heterocycles. The lowest BCUT2D eigenvalue weighted by Gasteiger charge is -2.22. The molecule has 4 rings (SSSR count). The van der Waals surface area contributed by atoms with Gasteiger partial charge in [-0.1, -0.05) is 139 Å². The number of hydrogen-bond donors (Lipinski definition) is 2. The smallest absolute Gasteiger partial charge is 0.0314 e. The maximum Gasteiger partial charge on any atom is 0.0314 e. The maximum absolute atomic E-state index is 6.01. The number of unbranched alkanes of at least 4 members (excludes halogenated alkanes) is 4. The Kier molecular flexibility index (Phi) is 12.8. The molecule has 0 aromatic heterocycles. The van der Waals surface area contributed by atoms with Gasteiger partial charge < -0.3 is 11.5 Å². The Morgan fingerprint density at radius 1 is 0.419 bits per heavy atom. The molecule has 228 valence electrons. The zero-order valence-electron chi connectivity index (χ0n) is 26.9. The van der Waals surface area contributed by atoms with E-state index >= 15 is 0 Å². The molecule has 0 heterocycles. The fourth-order valence-electron chi connectivity index (χ4n) is 6.61. The van der Waals surface area contributed by atoms with Crippen LogP contribution in [-0.2, 0) is 6.42 Å². The molecule has 0 amide bonds. The van der Waals surface area contributed by atoms with Crippen LogP contribution >= 0.6 is 0 Å². The third kappa shape index (κ3) is 9.48. The van der Waals surface area contributed by atoms with Gasteiger partial charge in [0.1, 0.15) is 0 Å². The number of nitrogens with two attached hydrogens (primary N) is 2. The molecule has 0 bridgehead atoms. The summed E-state index contributed by atoms with van der Waals surface area (Å²) in [5, 5.41) is 0. The Morgan fingerprint density at radius 2 is 0.791 bits per heavy atom. The van der Waals surface area contributed by atoms with Gasteiger partial charge in [-0.15, -0.1) is 0 Å². The minimum absolute atomic E-state index is 0.421. The third-order valence-electron chi connectivity index (χ3n) is 9.18. The highest BCUT2D eigenvalue weighted by molar-refractivity contribution is 5.44. The second-order valence-corrected chi connectivity index (χ2v) is 12.5. The predicted octanol–water partition coefficient (Wildman–Crippen LogP) is 11.4. The van der Waals surface area contributed by atoms with Crippen LogP contribution in [-0.4, -0.2) is 0 Å². The maximum atomic E-state index is 6.01. The highest BCUT2D eigenvalue weighted by atomic mass is 14.5. The van der Waals surface area contributed by atoms with E-state index in [2.05, 4.69) is 93.6 Å². The van der Waals surface area contributed by atoms with Crippen LogP contribution in [0.3, 0.4) is 0 Å². The van der Waals surface area contributed by atoms with E-state index in [4.69, 9.17) is 11.5 Å². The summed E-state index contributed by atoms with van der Waals surface area (Å²) in [5.74, 6) is 1.37. The Morgan fingerprint density at radius 3 is 1.19 bits per heavy atom. The largest absolute Gasteiger partial charge is 0.399 e. The second kappa shape index (κ2) is 16.9. The molecule has 0 fully saturated rings. The number of hydrogen-bond acceptors (Lipinski definition) is 2. The Hall–Kier alpha value is -3.52. The van der Waals surface area contributed by atoms with Crippen LogP contribution in [0.1, 0.15) is 136 Å². The van der Waals surface area contributed by atoms with Crippen LogP contribution in [0.2, 0.25) is 0 Å². The van der Waals surface area contributed by atoms with Gasteiger partial charge in [-0.05, 0) is 89.2 Å². The normalized spacial score (nSPS) is 13.5. The van der Waals surface area contributed by atoms with Gasteiger partial charge in [0, 0.05) is 23.2 Å². The van der Waals surface area contributed by atoms with E-state index in [1.54, 1.807) is 0 Å². The summed E-state index contributed by atoms with van der Waals surface area (Å²) < 4.78 is 0. The van der Waals surface area contributed by atoms with Crippen molar-refractivity contribution in [1.82, 2.24) is 0 Å². The van der Waals surface area contributed by atoms with Crippen LogP contribution in [0.4, 0.5) is 11.4 Å². The van der Waals surface area contributed by atoms with Crippen LogP contribution in [0.25, 0.3) is 0 Å². The zero-order chi connectivity index (χ0) is 30.4. The summed E-state index contributed by atoms with van der Waals surface area (Å²) >= 11 is 0. The zero-order valence-corrected chi connectivity index (χ0v) is 26.9. The lowest BCUT2D eigenvalue weighted by atomic mass is 9.83. The molecule has 4 aromatic rings. The molecule has 0 spiro atoms. The van der Waals surface area contributed by atoms with Gasteiger partial charge in [0.15, 0.2) is 0 Å². The summed E-state index contributed by atoms with van der Waals surface area (Å²) in [6, 6.07) is 36.1. The molecule has 3 unspecified atom stereocenters. The monoisotopic (exact) mass is 574 g/mol. The predicted molar refractivity (Wildman–Crippen MR) is 188 cm³/mol. The fraction of sp³-hybridized carbons (Fsp3) is 0.415. The van der Waals surface area contributed by atoms with Crippen molar-refractivity contribution in [2.45, 2.75) is 109 Å². The third-order valence-corrected chi connectivity index (χ3v) is 9.18. The Bertz CT molecular complexity index is 1320. The average Bonchev–Trinajstić information content (AvgIpc) is 3.03. The number of nitrogen functional groups attached to an aromatic ring is 2. The van der Waals surface area contributed by atoms with Crippen molar-refractivity contribution in [3.05, 3.63) is 130 Å². The van der Waals surface area contributed by atoms with Crippen LogP contribution in [0, 0.1) is 0 Å². The molecule has 4 aromatic carbocycles. The fourth-order valence-corrected chi connectivity index (χ4v) is 6.61. The Balaban J connectivity index is 1.50. The lowest BCUT2D eigenvalue weighted by molar-refractivity contribution is 0.605. The molecule has 2 nitrogen and oxygen atoms in total. The molecule has 0 radical (unpaired) electrons. The molecular weight excluding hydrogens is 520 g/mol. The van der Waals surface area contributed by atoms with Gasteiger partial charge in [0.05, 0.1) is 0 Å². The van der Waals surface area contributed by atoms with Crippen LogP contribution in [0.5, 0.6) is 0 Å². The number of rotatable bonds is 17. The summed E-state index contributed by atoms with van der Waals surface area (Å²) in [6.07, 6.45) is 13.4.